The SMILES string of the molecule is COc1ccc(OC2[CH]CCNC2)cc1. The van der Waals surface area contributed by atoms with Gasteiger partial charge in [-0.2, -0.15) is 0 Å². The van der Waals surface area contributed by atoms with Crippen LogP contribution < -0.4 is 14.8 Å². The third kappa shape index (κ3) is 2.86. The molecule has 0 bridgehead atoms. The molecular formula is C12H16NO2. The molecule has 3 heteroatoms. The van der Waals surface area contributed by atoms with Crippen molar-refractivity contribution in [1.82, 2.24) is 5.32 Å². The Balaban J connectivity index is 1.91. The van der Waals surface area contributed by atoms with E-state index in [-0.39, 0.29) is 6.10 Å². The van der Waals surface area contributed by atoms with Gasteiger partial charge in [-0.15, -0.1) is 0 Å². The predicted octanol–water partition coefficient (Wildman–Crippen LogP) is 1.64. The van der Waals surface area contributed by atoms with Crippen molar-refractivity contribution in [3.05, 3.63) is 30.7 Å². The molecule has 1 fully saturated rings. The van der Waals surface area contributed by atoms with Crippen LogP contribution in [0.2, 0.25) is 0 Å². The fourth-order valence-corrected chi connectivity index (χ4v) is 1.62. The van der Waals surface area contributed by atoms with Crippen molar-refractivity contribution in [2.24, 2.45) is 0 Å². The lowest BCUT2D eigenvalue weighted by Gasteiger charge is -2.23. The van der Waals surface area contributed by atoms with E-state index in [1.54, 1.807) is 7.11 Å². The van der Waals surface area contributed by atoms with Gasteiger partial charge >= 0.3 is 0 Å². The van der Waals surface area contributed by atoms with E-state index in [0.29, 0.717) is 0 Å². The number of nitrogens with one attached hydrogen (secondary N) is 1. The number of hydrogen-bond donors (Lipinski definition) is 1. The summed E-state index contributed by atoms with van der Waals surface area (Å²) in [5, 5.41) is 3.30. The Bertz CT molecular complexity index is 291. The summed E-state index contributed by atoms with van der Waals surface area (Å²) in [6.45, 7) is 1.95. The van der Waals surface area contributed by atoms with Crippen LogP contribution in [0.4, 0.5) is 0 Å². The highest BCUT2D eigenvalue weighted by atomic mass is 16.5. The monoisotopic (exact) mass is 206 g/mol. The first-order valence-electron chi connectivity index (χ1n) is 5.23. The lowest BCUT2D eigenvalue weighted by Crippen LogP contribution is -2.37. The molecule has 0 spiro atoms. The van der Waals surface area contributed by atoms with Gasteiger partial charge in [0.2, 0.25) is 0 Å². The quantitative estimate of drug-likeness (QED) is 0.815. The molecule has 1 saturated heterocycles. The van der Waals surface area contributed by atoms with Crippen molar-refractivity contribution >= 4 is 0 Å². The summed E-state index contributed by atoms with van der Waals surface area (Å²) in [5.74, 6) is 1.74. The smallest absolute Gasteiger partial charge is 0.120 e. The first-order valence-corrected chi connectivity index (χ1v) is 5.23. The Kier molecular flexibility index (Phi) is 3.45. The molecule has 1 heterocycles. The van der Waals surface area contributed by atoms with Crippen LogP contribution >= 0.6 is 0 Å². The minimum Gasteiger partial charge on any atom is -0.497 e. The van der Waals surface area contributed by atoms with Crippen molar-refractivity contribution in [2.45, 2.75) is 12.5 Å². The van der Waals surface area contributed by atoms with E-state index in [2.05, 4.69) is 11.7 Å². The zero-order valence-electron chi connectivity index (χ0n) is 8.90. The molecule has 1 aliphatic rings. The van der Waals surface area contributed by atoms with Crippen LogP contribution in [0, 0.1) is 6.42 Å². The van der Waals surface area contributed by atoms with Crippen LogP contribution in [0.15, 0.2) is 24.3 Å². The van der Waals surface area contributed by atoms with E-state index >= 15 is 0 Å². The van der Waals surface area contributed by atoms with Gasteiger partial charge in [0, 0.05) is 13.0 Å². The highest BCUT2D eigenvalue weighted by molar-refractivity contribution is 5.31. The van der Waals surface area contributed by atoms with E-state index in [1.807, 2.05) is 24.3 Å². The van der Waals surface area contributed by atoms with Crippen LogP contribution in [0.1, 0.15) is 6.42 Å². The van der Waals surface area contributed by atoms with Gasteiger partial charge in [-0.25, -0.2) is 0 Å². The molecule has 15 heavy (non-hydrogen) atoms. The van der Waals surface area contributed by atoms with E-state index < -0.39 is 0 Å². The predicted molar refractivity (Wildman–Crippen MR) is 59.2 cm³/mol. The fraction of sp³-hybridized carbons (Fsp3) is 0.417. The van der Waals surface area contributed by atoms with E-state index in [9.17, 15) is 0 Å². The third-order valence-corrected chi connectivity index (χ3v) is 2.44. The normalized spacial score (nSPS) is 21.0. The topological polar surface area (TPSA) is 30.5 Å². The van der Waals surface area contributed by atoms with Gasteiger partial charge in [-0.05, 0) is 37.2 Å². The molecule has 1 N–H and O–H groups in total. The van der Waals surface area contributed by atoms with Gasteiger partial charge in [-0.1, -0.05) is 0 Å². The minimum absolute atomic E-state index is 0.187. The Morgan fingerprint density at radius 2 is 1.93 bits per heavy atom. The summed E-state index contributed by atoms with van der Waals surface area (Å²) in [6, 6.07) is 7.68. The summed E-state index contributed by atoms with van der Waals surface area (Å²) in [5.41, 5.74) is 0. The summed E-state index contributed by atoms with van der Waals surface area (Å²) in [6.07, 6.45) is 3.47. The highest BCUT2D eigenvalue weighted by Gasteiger charge is 2.14. The maximum absolute atomic E-state index is 5.78. The lowest BCUT2D eigenvalue weighted by molar-refractivity contribution is 0.210. The van der Waals surface area contributed by atoms with E-state index in [1.165, 1.54) is 0 Å². The Morgan fingerprint density at radius 3 is 2.53 bits per heavy atom. The average molecular weight is 206 g/mol. The molecule has 0 saturated carbocycles. The molecule has 1 atom stereocenters. The molecule has 0 aliphatic carbocycles. The molecule has 3 nitrogen and oxygen atoms in total. The second-order valence-corrected chi connectivity index (χ2v) is 3.56. The van der Waals surface area contributed by atoms with Crippen LogP contribution in [0.3, 0.4) is 0 Å². The maximum Gasteiger partial charge on any atom is 0.120 e. The molecule has 0 amide bonds. The van der Waals surface area contributed by atoms with Gasteiger partial charge in [-0.3, -0.25) is 0 Å². The fourth-order valence-electron chi connectivity index (χ4n) is 1.62. The Labute approximate surface area is 90.4 Å². The summed E-state index contributed by atoms with van der Waals surface area (Å²) < 4.78 is 10.9. The standard InChI is InChI=1S/C12H16NO2/c1-14-10-4-6-11(7-5-10)15-12-3-2-8-13-9-12/h3-7,12-13H,2,8-9H2,1H3. The zero-order chi connectivity index (χ0) is 10.5. The van der Waals surface area contributed by atoms with Gasteiger partial charge in [0.05, 0.1) is 7.11 Å². The van der Waals surface area contributed by atoms with E-state index in [4.69, 9.17) is 9.47 Å². The molecule has 1 aromatic carbocycles. The van der Waals surface area contributed by atoms with Crippen molar-refractivity contribution in [3.63, 3.8) is 0 Å². The molecule has 1 radical (unpaired) electrons. The number of hydrogen-bond acceptors (Lipinski definition) is 3. The van der Waals surface area contributed by atoms with Crippen molar-refractivity contribution in [3.8, 4) is 11.5 Å². The summed E-state index contributed by atoms with van der Waals surface area (Å²) in [7, 11) is 1.66. The van der Waals surface area contributed by atoms with Crippen LogP contribution in [-0.2, 0) is 0 Å². The first-order chi connectivity index (χ1) is 7.38. The molecule has 0 aromatic heterocycles. The molecule has 1 aromatic rings. The van der Waals surface area contributed by atoms with Gasteiger partial charge in [0.1, 0.15) is 17.6 Å². The minimum atomic E-state index is 0.187. The average Bonchev–Trinajstić information content (AvgIpc) is 2.31. The highest BCUT2D eigenvalue weighted by Crippen LogP contribution is 2.19. The largest absolute Gasteiger partial charge is 0.497 e. The van der Waals surface area contributed by atoms with Gasteiger partial charge < -0.3 is 14.8 Å². The first kappa shape index (κ1) is 10.3. The van der Waals surface area contributed by atoms with Crippen molar-refractivity contribution < 1.29 is 9.47 Å². The second-order valence-electron chi connectivity index (χ2n) is 3.56. The van der Waals surface area contributed by atoms with Crippen molar-refractivity contribution in [2.75, 3.05) is 20.2 Å². The molecule has 1 unspecified atom stereocenters. The maximum atomic E-state index is 5.78. The molecule has 1 aliphatic heterocycles. The third-order valence-electron chi connectivity index (χ3n) is 2.44. The number of benzene rings is 1. The lowest BCUT2D eigenvalue weighted by atomic mass is 10.1. The summed E-state index contributed by atoms with van der Waals surface area (Å²) in [4.78, 5) is 0. The second kappa shape index (κ2) is 5.03. The number of ether oxygens (including phenoxy) is 2. The van der Waals surface area contributed by atoms with Crippen LogP contribution in [-0.4, -0.2) is 26.3 Å². The Morgan fingerprint density at radius 1 is 1.20 bits per heavy atom. The van der Waals surface area contributed by atoms with Gasteiger partial charge in [0.25, 0.3) is 0 Å². The van der Waals surface area contributed by atoms with E-state index in [0.717, 1.165) is 31.0 Å². The molecular weight excluding hydrogens is 190 g/mol. The number of rotatable bonds is 3. The number of piperidine rings is 1. The van der Waals surface area contributed by atoms with Crippen molar-refractivity contribution in [1.29, 1.82) is 0 Å². The van der Waals surface area contributed by atoms with Crippen LogP contribution in [0.25, 0.3) is 0 Å². The molecule has 2 rings (SSSR count). The van der Waals surface area contributed by atoms with Crippen LogP contribution in [0.5, 0.6) is 11.5 Å². The van der Waals surface area contributed by atoms with Gasteiger partial charge in [0.15, 0.2) is 0 Å². The Hall–Kier alpha value is -1.22. The number of methoxy groups -OCH3 is 1. The zero-order valence-corrected chi connectivity index (χ0v) is 8.90. The summed E-state index contributed by atoms with van der Waals surface area (Å²) >= 11 is 0. The molecule has 81 valence electrons.